The van der Waals surface area contributed by atoms with Gasteiger partial charge in [0, 0.05) is 18.0 Å². The molecule has 5 nitrogen and oxygen atoms in total. The van der Waals surface area contributed by atoms with Crippen LogP contribution in [0.5, 0.6) is 0 Å². The second kappa shape index (κ2) is 9.84. The number of nitrogens with two attached hydrogens (primary N) is 1. The molecule has 0 bridgehead atoms. The topological polar surface area (TPSA) is 75.9 Å². The lowest BCUT2D eigenvalue weighted by Crippen LogP contribution is -2.16. The second-order valence-electron chi connectivity index (χ2n) is 5.54. The number of hydrogen-bond acceptors (Lipinski definition) is 6. The van der Waals surface area contributed by atoms with Gasteiger partial charge in [0.25, 0.3) is 0 Å². The molecule has 0 aliphatic carbocycles. The standard InChI is InChI=1S/C15H29N5S/c1-11(2)13-18-14(12(3)15(19-13)20-16)17-9-7-5-6-8-10-21-4/h11H,5-10,16H2,1-4H3,(H2,17,18,19,20). The van der Waals surface area contributed by atoms with Crippen molar-refractivity contribution in [3.63, 3.8) is 0 Å². The number of anilines is 2. The fourth-order valence-electron chi connectivity index (χ4n) is 2.04. The highest BCUT2D eigenvalue weighted by atomic mass is 32.2. The Labute approximate surface area is 132 Å². The number of hydrazine groups is 1. The molecule has 21 heavy (non-hydrogen) atoms. The minimum Gasteiger partial charge on any atom is -0.370 e. The molecule has 0 saturated heterocycles. The highest BCUT2D eigenvalue weighted by molar-refractivity contribution is 7.98. The van der Waals surface area contributed by atoms with Crippen LogP contribution in [0, 0.1) is 6.92 Å². The third kappa shape index (κ3) is 6.09. The molecule has 0 spiro atoms. The minimum atomic E-state index is 0.282. The molecular formula is C15H29N5S. The fourth-order valence-corrected chi connectivity index (χ4v) is 2.53. The molecule has 1 rings (SSSR count). The molecule has 120 valence electrons. The molecule has 0 aliphatic rings. The van der Waals surface area contributed by atoms with Gasteiger partial charge in [0.2, 0.25) is 0 Å². The Balaban J connectivity index is 2.52. The average Bonchev–Trinajstić information content (AvgIpc) is 2.47. The summed E-state index contributed by atoms with van der Waals surface area (Å²) in [6, 6.07) is 0. The zero-order valence-corrected chi connectivity index (χ0v) is 14.5. The van der Waals surface area contributed by atoms with Gasteiger partial charge >= 0.3 is 0 Å². The first kappa shape index (κ1) is 18.0. The Hall–Kier alpha value is -1.01. The van der Waals surface area contributed by atoms with E-state index in [0.717, 1.165) is 23.8 Å². The molecule has 0 radical (unpaired) electrons. The van der Waals surface area contributed by atoms with Gasteiger partial charge in [0.05, 0.1) is 0 Å². The van der Waals surface area contributed by atoms with Crippen LogP contribution in [0.2, 0.25) is 0 Å². The van der Waals surface area contributed by atoms with Gasteiger partial charge in [-0.1, -0.05) is 26.7 Å². The number of nitrogen functional groups attached to an aromatic ring is 1. The van der Waals surface area contributed by atoms with Crippen molar-refractivity contribution in [1.82, 2.24) is 9.97 Å². The van der Waals surface area contributed by atoms with Crippen LogP contribution in [-0.2, 0) is 0 Å². The molecule has 0 aromatic carbocycles. The van der Waals surface area contributed by atoms with Crippen LogP contribution in [-0.4, -0.2) is 28.5 Å². The van der Waals surface area contributed by atoms with Crippen molar-refractivity contribution in [3.05, 3.63) is 11.4 Å². The second-order valence-corrected chi connectivity index (χ2v) is 6.52. The van der Waals surface area contributed by atoms with Crippen molar-refractivity contribution in [1.29, 1.82) is 0 Å². The molecular weight excluding hydrogens is 282 g/mol. The predicted molar refractivity (Wildman–Crippen MR) is 94.0 cm³/mol. The first-order valence-corrected chi connectivity index (χ1v) is 9.07. The van der Waals surface area contributed by atoms with Crippen LogP contribution < -0.4 is 16.6 Å². The van der Waals surface area contributed by atoms with Crippen molar-refractivity contribution in [2.45, 2.75) is 52.4 Å². The monoisotopic (exact) mass is 311 g/mol. The van der Waals surface area contributed by atoms with Crippen LogP contribution >= 0.6 is 11.8 Å². The lowest BCUT2D eigenvalue weighted by atomic mass is 10.2. The third-order valence-electron chi connectivity index (χ3n) is 3.38. The molecule has 0 aliphatic heterocycles. The first-order chi connectivity index (χ1) is 10.1. The predicted octanol–water partition coefficient (Wildman–Crippen LogP) is 3.53. The summed E-state index contributed by atoms with van der Waals surface area (Å²) in [6.07, 6.45) is 7.20. The van der Waals surface area contributed by atoms with Gasteiger partial charge in [-0.3, -0.25) is 0 Å². The normalized spacial score (nSPS) is 11.0. The summed E-state index contributed by atoms with van der Waals surface area (Å²) in [4.78, 5) is 9.05. The van der Waals surface area contributed by atoms with Crippen molar-refractivity contribution in [2.24, 2.45) is 5.84 Å². The van der Waals surface area contributed by atoms with E-state index < -0.39 is 0 Å². The van der Waals surface area contributed by atoms with Gasteiger partial charge in [-0.2, -0.15) is 11.8 Å². The molecule has 6 heteroatoms. The van der Waals surface area contributed by atoms with Gasteiger partial charge in [0.1, 0.15) is 17.5 Å². The van der Waals surface area contributed by atoms with E-state index in [1.165, 1.54) is 31.4 Å². The molecule has 0 fully saturated rings. The molecule has 1 aromatic rings. The zero-order valence-electron chi connectivity index (χ0n) is 13.7. The highest BCUT2D eigenvalue weighted by Gasteiger charge is 2.12. The van der Waals surface area contributed by atoms with Gasteiger partial charge in [-0.25, -0.2) is 15.8 Å². The maximum atomic E-state index is 5.54. The van der Waals surface area contributed by atoms with E-state index in [-0.39, 0.29) is 5.92 Å². The van der Waals surface area contributed by atoms with Crippen LogP contribution in [0.4, 0.5) is 11.6 Å². The number of thioether (sulfide) groups is 1. The SMILES string of the molecule is CSCCCCCCNc1nc(C(C)C)nc(NN)c1C. The maximum absolute atomic E-state index is 5.54. The van der Waals surface area contributed by atoms with Crippen molar-refractivity contribution in [3.8, 4) is 0 Å². The van der Waals surface area contributed by atoms with Crippen molar-refractivity contribution < 1.29 is 0 Å². The molecule has 0 amide bonds. The van der Waals surface area contributed by atoms with E-state index in [2.05, 4.69) is 40.8 Å². The maximum Gasteiger partial charge on any atom is 0.148 e. The third-order valence-corrected chi connectivity index (χ3v) is 4.08. The summed E-state index contributed by atoms with van der Waals surface area (Å²) >= 11 is 1.92. The van der Waals surface area contributed by atoms with Gasteiger partial charge < -0.3 is 10.7 Å². The summed E-state index contributed by atoms with van der Waals surface area (Å²) in [7, 11) is 0. The van der Waals surface area contributed by atoms with Crippen LogP contribution in [0.25, 0.3) is 0 Å². The fraction of sp³-hybridized carbons (Fsp3) is 0.733. The summed E-state index contributed by atoms with van der Waals surface area (Å²) in [5, 5.41) is 3.42. The molecule has 4 N–H and O–H groups in total. The largest absolute Gasteiger partial charge is 0.370 e. The lowest BCUT2D eigenvalue weighted by Gasteiger charge is -2.15. The quantitative estimate of drug-likeness (QED) is 0.349. The van der Waals surface area contributed by atoms with Crippen molar-refractivity contribution >= 4 is 23.4 Å². The number of nitrogens with zero attached hydrogens (tertiary/aromatic N) is 2. The lowest BCUT2D eigenvalue weighted by molar-refractivity contribution is 0.687. The highest BCUT2D eigenvalue weighted by Crippen LogP contribution is 2.22. The van der Waals surface area contributed by atoms with Gasteiger partial charge in [-0.05, 0) is 31.8 Å². The number of nitrogens with one attached hydrogen (secondary N) is 2. The Kier molecular flexibility index (Phi) is 8.45. The van der Waals surface area contributed by atoms with E-state index in [9.17, 15) is 0 Å². The van der Waals surface area contributed by atoms with Gasteiger partial charge in [0.15, 0.2) is 0 Å². The van der Waals surface area contributed by atoms with Crippen LogP contribution in [0.1, 0.15) is 56.8 Å². The van der Waals surface area contributed by atoms with E-state index in [1.807, 2.05) is 18.7 Å². The number of hydrogen-bond donors (Lipinski definition) is 3. The Morgan fingerprint density at radius 2 is 1.76 bits per heavy atom. The summed E-state index contributed by atoms with van der Waals surface area (Å²) in [5.74, 6) is 9.50. The molecule has 1 aromatic heterocycles. The minimum absolute atomic E-state index is 0.282. The van der Waals surface area contributed by atoms with Crippen LogP contribution in [0.15, 0.2) is 0 Å². The number of aromatic nitrogens is 2. The summed E-state index contributed by atoms with van der Waals surface area (Å²) in [6.45, 7) is 7.10. The number of unbranched alkanes of at least 4 members (excludes halogenated alkanes) is 3. The van der Waals surface area contributed by atoms with E-state index in [4.69, 9.17) is 5.84 Å². The Morgan fingerprint density at radius 1 is 1.10 bits per heavy atom. The molecule has 1 heterocycles. The summed E-state index contributed by atoms with van der Waals surface area (Å²) < 4.78 is 0. The van der Waals surface area contributed by atoms with Crippen molar-refractivity contribution in [2.75, 3.05) is 29.3 Å². The Morgan fingerprint density at radius 3 is 2.38 bits per heavy atom. The Bertz CT molecular complexity index is 423. The van der Waals surface area contributed by atoms with Gasteiger partial charge in [-0.15, -0.1) is 0 Å². The van der Waals surface area contributed by atoms with Crippen LogP contribution in [0.3, 0.4) is 0 Å². The summed E-state index contributed by atoms with van der Waals surface area (Å²) in [5.41, 5.74) is 3.64. The zero-order chi connectivity index (χ0) is 15.7. The number of rotatable bonds is 10. The molecule has 0 saturated carbocycles. The molecule has 0 unspecified atom stereocenters. The first-order valence-electron chi connectivity index (χ1n) is 7.68. The smallest absolute Gasteiger partial charge is 0.148 e. The van der Waals surface area contributed by atoms with E-state index in [1.54, 1.807) is 0 Å². The van der Waals surface area contributed by atoms with E-state index in [0.29, 0.717) is 5.82 Å². The van der Waals surface area contributed by atoms with E-state index >= 15 is 0 Å². The average molecular weight is 311 g/mol. The molecule has 0 atom stereocenters.